The summed E-state index contributed by atoms with van der Waals surface area (Å²) >= 11 is 0. The fourth-order valence-electron chi connectivity index (χ4n) is 1.97. The normalized spacial score (nSPS) is 11.8. The van der Waals surface area contributed by atoms with Crippen LogP contribution in [0.5, 0.6) is 5.75 Å². The minimum Gasteiger partial charge on any atom is -0.486 e. The van der Waals surface area contributed by atoms with Gasteiger partial charge in [-0.1, -0.05) is 0 Å². The first-order valence-electron chi connectivity index (χ1n) is 7.44. The number of carboxylic acids is 1. The molecule has 0 aliphatic heterocycles. The van der Waals surface area contributed by atoms with E-state index in [0.717, 1.165) is 0 Å². The van der Waals surface area contributed by atoms with Crippen molar-refractivity contribution < 1.29 is 28.2 Å². The Morgan fingerprint density at radius 1 is 1.25 bits per heavy atom. The van der Waals surface area contributed by atoms with Crippen LogP contribution >= 0.6 is 0 Å². The van der Waals surface area contributed by atoms with Crippen LogP contribution in [0.25, 0.3) is 0 Å². The average molecular weight is 335 g/mol. The molecule has 0 fully saturated rings. The van der Waals surface area contributed by atoms with Gasteiger partial charge in [0.15, 0.2) is 5.76 Å². The number of carbonyl (C=O) groups is 2. The number of nitrogens with one attached hydrogen (secondary N) is 1. The molecule has 7 heteroatoms. The molecule has 1 unspecified atom stereocenters. The molecule has 1 amide bonds. The Morgan fingerprint density at radius 2 is 1.96 bits per heavy atom. The maximum Gasteiger partial charge on any atom is 0.303 e. The molecule has 1 aromatic carbocycles. The molecule has 0 spiro atoms. The van der Waals surface area contributed by atoms with Crippen LogP contribution < -0.4 is 10.1 Å². The Morgan fingerprint density at radius 3 is 2.62 bits per heavy atom. The van der Waals surface area contributed by atoms with E-state index in [2.05, 4.69) is 5.32 Å². The lowest BCUT2D eigenvalue weighted by Crippen LogP contribution is -2.32. The lowest BCUT2D eigenvalue weighted by atomic mass is 10.2. The van der Waals surface area contributed by atoms with Crippen molar-refractivity contribution in [3.63, 3.8) is 0 Å². The van der Waals surface area contributed by atoms with Crippen LogP contribution in [0.15, 0.2) is 40.8 Å². The van der Waals surface area contributed by atoms with Gasteiger partial charge in [-0.15, -0.1) is 0 Å². The van der Waals surface area contributed by atoms with E-state index in [1.165, 1.54) is 30.3 Å². The highest BCUT2D eigenvalue weighted by Crippen LogP contribution is 2.15. The van der Waals surface area contributed by atoms with Gasteiger partial charge in [0.05, 0.1) is 0 Å². The second kappa shape index (κ2) is 8.14. The number of hydrogen-bond acceptors (Lipinski definition) is 4. The Balaban J connectivity index is 1.84. The summed E-state index contributed by atoms with van der Waals surface area (Å²) in [4.78, 5) is 22.5. The number of halogens is 1. The lowest BCUT2D eigenvalue weighted by Gasteiger charge is -2.11. The molecule has 1 heterocycles. The minimum absolute atomic E-state index is 0.0175. The van der Waals surface area contributed by atoms with Crippen LogP contribution in [0.1, 0.15) is 36.1 Å². The zero-order valence-corrected chi connectivity index (χ0v) is 13.1. The molecule has 0 radical (unpaired) electrons. The smallest absolute Gasteiger partial charge is 0.303 e. The van der Waals surface area contributed by atoms with Gasteiger partial charge in [-0.25, -0.2) is 4.39 Å². The Kier molecular flexibility index (Phi) is 5.95. The molecule has 1 atom stereocenters. The Hall–Kier alpha value is -2.83. The third-order valence-electron chi connectivity index (χ3n) is 3.25. The van der Waals surface area contributed by atoms with E-state index in [4.69, 9.17) is 14.3 Å². The molecule has 128 valence electrons. The Bertz CT molecular complexity index is 695. The molecule has 0 aliphatic carbocycles. The van der Waals surface area contributed by atoms with E-state index in [9.17, 15) is 14.0 Å². The van der Waals surface area contributed by atoms with Crippen molar-refractivity contribution in [2.24, 2.45) is 0 Å². The van der Waals surface area contributed by atoms with Crippen LogP contribution in [0.2, 0.25) is 0 Å². The van der Waals surface area contributed by atoms with Crippen LogP contribution in [-0.2, 0) is 11.4 Å². The SMILES string of the molecule is CC(CCC(=O)O)NC(=O)c1ccc(COc2ccc(F)cc2)o1. The minimum atomic E-state index is -0.908. The van der Waals surface area contributed by atoms with Crippen molar-refractivity contribution in [2.45, 2.75) is 32.4 Å². The largest absolute Gasteiger partial charge is 0.486 e. The molecule has 0 saturated carbocycles. The maximum absolute atomic E-state index is 12.8. The average Bonchev–Trinajstić information content (AvgIpc) is 3.01. The van der Waals surface area contributed by atoms with Gasteiger partial charge < -0.3 is 19.6 Å². The summed E-state index contributed by atoms with van der Waals surface area (Å²) in [6.45, 7) is 1.83. The lowest BCUT2D eigenvalue weighted by molar-refractivity contribution is -0.137. The Labute approximate surface area is 138 Å². The van der Waals surface area contributed by atoms with Gasteiger partial charge in [0.2, 0.25) is 0 Å². The first-order chi connectivity index (χ1) is 11.4. The summed E-state index contributed by atoms with van der Waals surface area (Å²) in [5, 5.41) is 11.3. The van der Waals surface area contributed by atoms with Crippen LogP contribution in [0.4, 0.5) is 4.39 Å². The van der Waals surface area contributed by atoms with Gasteiger partial charge in [-0.3, -0.25) is 9.59 Å². The predicted molar refractivity (Wildman–Crippen MR) is 83.2 cm³/mol. The number of rotatable bonds is 8. The number of aliphatic carboxylic acids is 1. The second-order valence-corrected chi connectivity index (χ2v) is 5.32. The summed E-state index contributed by atoms with van der Waals surface area (Å²) in [5.74, 6) is -0.620. The van der Waals surface area contributed by atoms with Gasteiger partial charge in [0, 0.05) is 12.5 Å². The van der Waals surface area contributed by atoms with Crippen molar-refractivity contribution in [1.29, 1.82) is 0 Å². The number of amides is 1. The van der Waals surface area contributed by atoms with Crippen molar-refractivity contribution >= 4 is 11.9 Å². The van der Waals surface area contributed by atoms with Gasteiger partial charge in [-0.05, 0) is 49.7 Å². The van der Waals surface area contributed by atoms with Gasteiger partial charge in [0.1, 0.15) is 23.9 Å². The molecule has 2 aromatic rings. The maximum atomic E-state index is 12.8. The van der Waals surface area contributed by atoms with E-state index in [1.54, 1.807) is 13.0 Å². The van der Waals surface area contributed by atoms with Crippen molar-refractivity contribution in [2.75, 3.05) is 0 Å². The molecule has 1 aromatic heterocycles. The third kappa shape index (κ3) is 5.42. The molecule has 0 bridgehead atoms. The highest BCUT2D eigenvalue weighted by molar-refractivity contribution is 5.91. The van der Waals surface area contributed by atoms with Gasteiger partial charge in [-0.2, -0.15) is 0 Å². The van der Waals surface area contributed by atoms with E-state index < -0.39 is 11.9 Å². The zero-order valence-electron chi connectivity index (χ0n) is 13.1. The monoisotopic (exact) mass is 335 g/mol. The van der Waals surface area contributed by atoms with E-state index in [0.29, 0.717) is 17.9 Å². The number of benzene rings is 1. The van der Waals surface area contributed by atoms with E-state index in [1.807, 2.05) is 0 Å². The summed E-state index contributed by atoms with van der Waals surface area (Å²) < 4.78 is 23.6. The molecule has 2 N–H and O–H groups in total. The number of ether oxygens (including phenoxy) is 1. The van der Waals surface area contributed by atoms with E-state index >= 15 is 0 Å². The number of furan rings is 1. The summed E-state index contributed by atoms with van der Waals surface area (Å²) in [6.07, 6.45) is 0.318. The molecule has 0 saturated heterocycles. The predicted octanol–water partition coefficient (Wildman–Crippen LogP) is 2.98. The first kappa shape index (κ1) is 17.5. The standard InChI is InChI=1S/C17H18FNO5/c1-11(2-9-16(20)21)19-17(22)15-8-7-14(24-15)10-23-13-5-3-12(18)4-6-13/h3-8,11H,2,9-10H2,1H3,(H,19,22)(H,20,21). The fraction of sp³-hybridized carbons (Fsp3) is 0.294. The summed E-state index contributed by atoms with van der Waals surface area (Å²) in [6, 6.07) is 8.41. The zero-order chi connectivity index (χ0) is 17.5. The van der Waals surface area contributed by atoms with Gasteiger partial charge in [0.25, 0.3) is 5.91 Å². The third-order valence-corrected chi connectivity index (χ3v) is 3.25. The molecule has 2 rings (SSSR count). The van der Waals surface area contributed by atoms with Crippen LogP contribution in [0.3, 0.4) is 0 Å². The second-order valence-electron chi connectivity index (χ2n) is 5.32. The van der Waals surface area contributed by atoms with Crippen molar-refractivity contribution in [1.82, 2.24) is 5.32 Å². The number of carboxylic acid groups (broad SMARTS) is 1. The van der Waals surface area contributed by atoms with Crippen molar-refractivity contribution in [3.8, 4) is 5.75 Å². The summed E-state index contributed by atoms with van der Waals surface area (Å²) in [5.41, 5.74) is 0. The first-order valence-corrected chi connectivity index (χ1v) is 7.44. The molecule has 24 heavy (non-hydrogen) atoms. The highest BCUT2D eigenvalue weighted by atomic mass is 19.1. The molecular formula is C17H18FNO5. The summed E-state index contributed by atoms with van der Waals surface area (Å²) in [7, 11) is 0. The fourth-order valence-corrected chi connectivity index (χ4v) is 1.97. The van der Waals surface area contributed by atoms with Crippen LogP contribution in [-0.4, -0.2) is 23.0 Å². The molecular weight excluding hydrogens is 317 g/mol. The molecule has 0 aliphatic rings. The van der Waals surface area contributed by atoms with Crippen LogP contribution in [0, 0.1) is 5.82 Å². The van der Waals surface area contributed by atoms with E-state index in [-0.39, 0.29) is 30.6 Å². The van der Waals surface area contributed by atoms with Crippen molar-refractivity contribution in [3.05, 3.63) is 53.7 Å². The number of hydrogen-bond donors (Lipinski definition) is 2. The highest BCUT2D eigenvalue weighted by Gasteiger charge is 2.15. The number of carbonyl (C=O) groups excluding carboxylic acids is 1. The molecule has 6 nitrogen and oxygen atoms in total. The topological polar surface area (TPSA) is 88.8 Å². The van der Waals surface area contributed by atoms with Gasteiger partial charge >= 0.3 is 5.97 Å². The quantitative estimate of drug-likeness (QED) is 0.774.